The van der Waals surface area contributed by atoms with Gasteiger partial charge in [0.05, 0.1) is 11.7 Å². The van der Waals surface area contributed by atoms with Crippen LogP contribution < -0.4 is 0 Å². The van der Waals surface area contributed by atoms with Gasteiger partial charge in [0, 0.05) is 0 Å². The van der Waals surface area contributed by atoms with Gasteiger partial charge in [-0.15, -0.1) is 0 Å². The van der Waals surface area contributed by atoms with E-state index in [1.165, 1.54) is 12.8 Å². The molecule has 1 heterocycles. The van der Waals surface area contributed by atoms with E-state index in [1.54, 1.807) is 0 Å². The molecule has 1 fully saturated rings. The van der Waals surface area contributed by atoms with Gasteiger partial charge in [0.2, 0.25) is 0 Å². The van der Waals surface area contributed by atoms with Crippen molar-refractivity contribution in [3.8, 4) is 0 Å². The molecule has 1 heteroatoms. The second-order valence-corrected chi connectivity index (χ2v) is 5.98. The van der Waals surface area contributed by atoms with Crippen LogP contribution in [0, 0.1) is 11.8 Å². The summed E-state index contributed by atoms with van der Waals surface area (Å²) in [7, 11) is 0. The van der Waals surface area contributed by atoms with Crippen molar-refractivity contribution in [2.45, 2.75) is 65.6 Å². The van der Waals surface area contributed by atoms with Gasteiger partial charge in [0.25, 0.3) is 0 Å². The topological polar surface area (TPSA) is 12.5 Å². The van der Waals surface area contributed by atoms with Crippen molar-refractivity contribution in [1.29, 1.82) is 0 Å². The Hall–Kier alpha value is -0.560. The first-order chi connectivity index (χ1) is 7.98. The summed E-state index contributed by atoms with van der Waals surface area (Å²) in [5.74, 6) is 1.38. The maximum Gasteiger partial charge on any atom is 0.0926 e. The largest absolute Gasteiger partial charge is 0.366 e. The average molecular weight is 236 g/mol. The van der Waals surface area contributed by atoms with Gasteiger partial charge in [-0.25, -0.2) is 0 Å². The maximum atomic E-state index is 5.88. The minimum Gasteiger partial charge on any atom is -0.366 e. The van der Waals surface area contributed by atoms with Gasteiger partial charge >= 0.3 is 0 Å². The van der Waals surface area contributed by atoms with Crippen LogP contribution in [0.15, 0.2) is 24.3 Å². The highest BCUT2D eigenvalue weighted by Gasteiger charge is 2.51. The zero-order chi connectivity index (χ0) is 12.9. The van der Waals surface area contributed by atoms with E-state index in [1.807, 2.05) is 6.92 Å². The highest BCUT2D eigenvalue weighted by molar-refractivity contribution is 5.06. The van der Waals surface area contributed by atoms with E-state index < -0.39 is 0 Å². The third-order valence-corrected chi connectivity index (χ3v) is 3.51. The monoisotopic (exact) mass is 236 g/mol. The molecule has 2 unspecified atom stereocenters. The smallest absolute Gasteiger partial charge is 0.0926 e. The number of hydrogen-bond donors (Lipinski definition) is 0. The molecule has 0 spiro atoms. The van der Waals surface area contributed by atoms with E-state index in [-0.39, 0.29) is 5.60 Å². The zero-order valence-electron chi connectivity index (χ0n) is 12.1. The van der Waals surface area contributed by atoms with Gasteiger partial charge < -0.3 is 4.74 Å². The fourth-order valence-corrected chi connectivity index (χ4v) is 2.39. The Bertz CT molecular complexity index is 277. The van der Waals surface area contributed by atoms with Crippen LogP contribution in [0.2, 0.25) is 0 Å². The first-order valence-corrected chi connectivity index (χ1v) is 6.95. The third-order valence-electron chi connectivity index (χ3n) is 3.51. The normalized spacial score (nSPS) is 30.6. The van der Waals surface area contributed by atoms with Gasteiger partial charge in [-0.3, -0.25) is 0 Å². The number of hydrogen-bond acceptors (Lipinski definition) is 1. The van der Waals surface area contributed by atoms with E-state index in [0.29, 0.717) is 12.0 Å². The SMILES string of the molecule is C/C=C\C=C\C(C)C[C@@]1(C)OC1CCC(C)C. The summed E-state index contributed by atoms with van der Waals surface area (Å²) in [6.07, 6.45) is 12.7. The molecule has 0 radical (unpaired) electrons. The van der Waals surface area contributed by atoms with Crippen LogP contribution in [0.4, 0.5) is 0 Å². The second-order valence-electron chi connectivity index (χ2n) is 5.98. The van der Waals surface area contributed by atoms with Gasteiger partial charge in [0.1, 0.15) is 0 Å². The standard InChI is InChI=1S/C16H28O/c1-6-7-8-9-14(4)12-16(5)15(17-16)11-10-13(2)3/h6-9,13-15H,10-12H2,1-5H3/b7-6-,9-8+/t14?,15?,16-/m1/s1. The van der Waals surface area contributed by atoms with Crippen LogP contribution in [0.5, 0.6) is 0 Å². The van der Waals surface area contributed by atoms with Gasteiger partial charge in [0.15, 0.2) is 0 Å². The van der Waals surface area contributed by atoms with Crippen LogP contribution in [-0.2, 0) is 4.74 Å². The Morgan fingerprint density at radius 2 is 1.94 bits per heavy atom. The number of rotatable bonds is 7. The number of allylic oxidation sites excluding steroid dienone is 4. The lowest BCUT2D eigenvalue weighted by molar-refractivity contribution is 0.278. The Balaban J connectivity index is 2.28. The third kappa shape index (κ3) is 5.08. The molecule has 1 nitrogen and oxygen atoms in total. The van der Waals surface area contributed by atoms with Crippen LogP contribution in [0.3, 0.4) is 0 Å². The van der Waals surface area contributed by atoms with Crippen molar-refractivity contribution in [1.82, 2.24) is 0 Å². The van der Waals surface area contributed by atoms with E-state index in [4.69, 9.17) is 4.74 Å². The Morgan fingerprint density at radius 3 is 2.53 bits per heavy atom. The van der Waals surface area contributed by atoms with Crippen molar-refractivity contribution in [3.05, 3.63) is 24.3 Å². The molecule has 1 aliphatic rings. The predicted molar refractivity (Wildman–Crippen MR) is 75.1 cm³/mol. The maximum absolute atomic E-state index is 5.88. The van der Waals surface area contributed by atoms with Gasteiger partial charge in [-0.2, -0.15) is 0 Å². The Morgan fingerprint density at radius 1 is 1.24 bits per heavy atom. The van der Waals surface area contributed by atoms with E-state index in [2.05, 4.69) is 52.0 Å². The molecule has 17 heavy (non-hydrogen) atoms. The molecule has 0 aromatic heterocycles. The molecule has 3 atom stereocenters. The van der Waals surface area contributed by atoms with Gasteiger partial charge in [-0.05, 0) is 44.9 Å². The van der Waals surface area contributed by atoms with Crippen molar-refractivity contribution in [2.24, 2.45) is 11.8 Å². The highest BCUT2D eigenvalue weighted by atomic mass is 16.6. The molecule has 0 saturated carbocycles. The van der Waals surface area contributed by atoms with Crippen LogP contribution in [-0.4, -0.2) is 11.7 Å². The lowest BCUT2D eigenvalue weighted by atomic mass is 9.91. The number of epoxide rings is 1. The van der Waals surface area contributed by atoms with E-state index in [0.717, 1.165) is 12.3 Å². The van der Waals surface area contributed by atoms with Crippen LogP contribution in [0.1, 0.15) is 53.9 Å². The number of ether oxygens (including phenoxy) is 1. The Kier molecular flexibility index (Phi) is 5.45. The van der Waals surface area contributed by atoms with Crippen LogP contribution in [0.25, 0.3) is 0 Å². The fraction of sp³-hybridized carbons (Fsp3) is 0.750. The Labute approximate surface area is 107 Å². The van der Waals surface area contributed by atoms with E-state index in [9.17, 15) is 0 Å². The van der Waals surface area contributed by atoms with E-state index >= 15 is 0 Å². The second kappa shape index (κ2) is 6.39. The first-order valence-electron chi connectivity index (χ1n) is 6.95. The van der Waals surface area contributed by atoms with Gasteiger partial charge in [-0.1, -0.05) is 45.1 Å². The first kappa shape index (κ1) is 14.5. The predicted octanol–water partition coefficient (Wildman–Crippen LogP) is 4.74. The summed E-state index contributed by atoms with van der Waals surface area (Å²) in [5.41, 5.74) is 0.147. The minimum atomic E-state index is 0.147. The molecule has 0 aromatic rings. The molecule has 1 rings (SSSR count). The summed E-state index contributed by atoms with van der Waals surface area (Å²) >= 11 is 0. The highest BCUT2D eigenvalue weighted by Crippen LogP contribution is 2.44. The molecular formula is C16H28O. The molecule has 1 aliphatic heterocycles. The summed E-state index contributed by atoms with van der Waals surface area (Å²) in [4.78, 5) is 0. The summed E-state index contributed by atoms with van der Waals surface area (Å²) in [6, 6.07) is 0. The molecule has 0 aromatic carbocycles. The molecule has 0 amide bonds. The summed E-state index contributed by atoms with van der Waals surface area (Å²) in [5, 5.41) is 0. The quantitative estimate of drug-likeness (QED) is 0.459. The average Bonchev–Trinajstić information content (AvgIpc) is 2.86. The van der Waals surface area contributed by atoms with Crippen LogP contribution >= 0.6 is 0 Å². The van der Waals surface area contributed by atoms with Crippen molar-refractivity contribution in [2.75, 3.05) is 0 Å². The van der Waals surface area contributed by atoms with Crippen molar-refractivity contribution >= 4 is 0 Å². The van der Waals surface area contributed by atoms with Crippen molar-refractivity contribution in [3.63, 3.8) is 0 Å². The fourth-order valence-electron chi connectivity index (χ4n) is 2.39. The molecule has 98 valence electrons. The lowest BCUT2D eigenvalue weighted by Crippen LogP contribution is -2.14. The summed E-state index contributed by atoms with van der Waals surface area (Å²) in [6.45, 7) is 11.1. The molecular weight excluding hydrogens is 208 g/mol. The van der Waals surface area contributed by atoms with Crippen molar-refractivity contribution < 1.29 is 4.74 Å². The lowest BCUT2D eigenvalue weighted by Gasteiger charge is -2.11. The zero-order valence-corrected chi connectivity index (χ0v) is 12.1. The molecule has 0 N–H and O–H groups in total. The minimum absolute atomic E-state index is 0.147. The molecule has 0 aliphatic carbocycles. The summed E-state index contributed by atoms with van der Waals surface area (Å²) < 4.78 is 5.88. The molecule has 1 saturated heterocycles. The molecule has 0 bridgehead atoms.